The number of fused-ring (bicyclic) bond motifs is 1. The number of hydrogen-bond acceptors (Lipinski definition) is 3. The van der Waals surface area contributed by atoms with Crippen LogP contribution in [0.4, 0.5) is 11.4 Å². The zero-order chi connectivity index (χ0) is 14.8. The fourth-order valence-electron chi connectivity index (χ4n) is 2.13. The molecule has 3 nitrogen and oxygen atoms in total. The standard InChI is InChI=1S/C17H16N2OS/c1-11-12(2)21-16-10-13(8-9-15(16)18-11)17(20)19-14-6-4-3-5-7-14/h3-10,12,18H,1H2,2H3,(H,19,20). The molecule has 0 fully saturated rings. The first-order valence-corrected chi connectivity index (χ1v) is 7.64. The van der Waals surface area contributed by atoms with Crippen LogP contribution in [-0.2, 0) is 0 Å². The van der Waals surface area contributed by atoms with Gasteiger partial charge in [-0.2, -0.15) is 0 Å². The minimum Gasteiger partial charge on any atom is -0.358 e. The monoisotopic (exact) mass is 296 g/mol. The molecule has 0 bridgehead atoms. The fraction of sp³-hybridized carbons (Fsp3) is 0.118. The van der Waals surface area contributed by atoms with Crippen LogP contribution >= 0.6 is 11.8 Å². The Hall–Kier alpha value is -2.20. The predicted octanol–water partition coefficient (Wildman–Crippen LogP) is 4.36. The number of benzene rings is 2. The van der Waals surface area contributed by atoms with Crippen molar-refractivity contribution in [3.63, 3.8) is 0 Å². The summed E-state index contributed by atoms with van der Waals surface area (Å²) < 4.78 is 0. The highest BCUT2D eigenvalue weighted by molar-refractivity contribution is 8.00. The first-order chi connectivity index (χ1) is 10.1. The molecule has 4 heteroatoms. The van der Waals surface area contributed by atoms with Crippen molar-refractivity contribution in [1.29, 1.82) is 0 Å². The molecule has 0 saturated carbocycles. The molecular weight excluding hydrogens is 280 g/mol. The van der Waals surface area contributed by atoms with Crippen LogP contribution in [0, 0.1) is 0 Å². The molecule has 2 aromatic rings. The highest BCUT2D eigenvalue weighted by Gasteiger charge is 2.19. The summed E-state index contributed by atoms with van der Waals surface area (Å²) in [5.41, 5.74) is 3.47. The van der Waals surface area contributed by atoms with Crippen molar-refractivity contribution in [1.82, 2.24) is 0 Å². The Morgan fingerprint density at radius 3 is 2.76 bits per heavy atom. The summed E-state index contributed by atoms with van der Waals surface area (Å²) in [7, 11) is 0. The Balaban J connectivity index is 1.82. The molecule has 1 amide bonds. The molecule has 0 aromatic heterocycles. The van der Waals surface area contributed by atoms with E-state index in [-0.39, 0.29) is 5.91 Å². The smallest absolute Gasteiger partial charge is 0.255 e. The molecule has 1 unspecified atom stereocenters. The second-order valence-electron chi connectivity index (χ2n) is 4.94. The molecule has 1 heterocycles. The van der Waals surface area contributed by atoms with Gasteiger partial charge >= 0.3 is 0 Å². The van der Waals surface area contributed by atoms with Gasteiger partial charge in [-0.3, -0.25) is 4.79 Å². The number of carbonyl (C=O) groups is 1. The van der Waals surface area contributed by atoms with Gasteiger partial charge in [0.25, 0.3) is 5.91 Å². The summed E-state index contributed by atoms with van der Waals surface area (Å²) in [4.78, 5) is 13.4. The highest BCUT2D eigenvalue weighted by Crippen LogP contribution is 2.39. The highest BCUT2D eigenvalue weighted by atomic mass is 32.2. The van der Waals surface area contributed by atoms with Crippen molar-refractivity contribution in [2.24, 2.45) is 0 Å². The van der Waals surface area contributed by atoms with Gasteiger partial charge in [0.05, 0.1) is 5.69 Å². The quantitative estimate of drug-likeness (QED) is 0.865. The lowest BCUT2D eigenvalue weighted by Gasteiger charge is -2.25. The summed E-state index contributed by atoms with van der Waals surface area (Å²) >= 11 is 1.72. The third-order valence-corrected chi connectivity index (χ3v) is 4.59. The Bertz CT molecular complexity index is 697. The number of para-hydroxylation sites is 1. The van der Waals surface area contributed by atoms with Crippen LogP contribution in [0.3, 0.4) is 0 Å². The summed E-state index contributed by atoms with van der Waals surface area (Å²) in [6.07, 6.45) is 0. The maximum atomic E-state index is 12.3. The van der Waals surface area contributed by atoms with Crippen LogP contribution < -0.4 is 10.6 Å². The van der Waals surface area contributed by atoms with Gasteiger partial charge in [0.1, 0.15) is 0 Å². The summed E-state index contributed by atoms with van der Waals surface area (Å²) in [6.45, 7) is 6.09. The largest absolute Gasteiger partial charge is 0.358 e. The molecule has 0 spiro atoms. The number of thioether (sulfide) groups is 1. The number of rotatable bonds is 2. The van der Waals surface area contributed by atoms with Gasteiger partial charge in [-0.15, -0.1) is 11.8 Å². The first kappa shape index (κ1) is 13.8. The van der Waals surface area contributed by atoms with Crippen LogP contribution in [0.25, 0.3) is 0 Å². The maximum absolute atomic E-state index is 12.3. The van der Waals surface area contributed by atoms with E-state index in [0.29, 0.717) is 10.8 Å². The molecular formula is C17H16N2OS. The Morgan fingerprint density at radius 2 is 2.00 bits per heavy atom. The molecule has 106 valence electrons. The third kappa shape index (κ3) is 2.95. The molecule has 2 N–H and O–H groups in total. The van der Waals surface area contributed by atoms with Gasteiger partial charge in [0, 0.05) is 27.1 Å². The van der Waals surface area contributed by atoms with Gasteiger partial charge < -0.3 is 10.6 Å². The average molecular weight is 296 g/mol. The zero-order valence-corrected chi connectivity index (χ0v) is 12.5. The topological polar surface area (TPSA) is 41.1 Å². The number of anilines is 2. The van der Waals surface area contributed by atoms with Crippen molar-refractivity contribution < 1.29 is 4.79 Å². The van der Waals surface area contributed by atoms with E-state index < -0.39 is 0 Å². The van der Waals surface area contributed by atoms with E-state index >= 15 is 0 Å². The predicted molar refractivity (Wildman–Crippen MR) is 88.9 cm³/mol. The Kier molecular flexibility index (Phi) is 3.71. The van der Waals surface area contributed by atoms with Crippen molar-refractivity contribution in [3.05, 3.63) is 66.4 Å². The average Bonchev–Trinajstić information content (AvgIpc) is 2.49. The lowest BCUT2D eigenvalue weighted by atomic mass is 10.1. The summed E-state index contributed by atoms with van der Waals surface area (Å²) in [5.74, 6) is -0.0957. The van der Waals surface area contributed by atoms with E-state index in [1.807, 2.05) is 48.5 Å². The van der Waals surface area contributed by atoms with Crippen LogP contribution in [0.15, 0.2) is 65.7 Å². The van der Waals surface area contributed by atoms with Crippen LogP contribution in [0.1, 0.15) is 17.3 Å². The van der Waals surface area contributed by atoms with Crippen LogP contribution in [0.2, 0.25) is 0 Å². The molecule has 1 aliphatic heterocycles. The van der Waals surface area contributed by atoms with Crippen LogP contribution in [0.5, 0.6) is 0 Å². The van der Waals surface area contributed by atoms with Gasteiger partial charge in [-0.1, -0.05) is 24.8 Å². The molecule has 1 aliphatic rings. The lowest BCUT2D eigenvalue weighted by molar-refractivity contribution is 0.102. The molecule has 1 atom stereocenters. The number of hydrogen-bond donors (Lipinski definition) is 2. The number of nitrogens with one attached hydrogen (secondary N) is 2. The van der Waals surface area contributed by atoms with E-state index in [1.165, 1.54) is 0 Å². The van der Waals surface area contributed by atoms with Crippen molar-refractivity contribution >= 4 is 29.0 Å². The number of carbonyl (C=O) groups excluding carboxylic acids is 1. The van der Waals surface area contributed by atoms with E-state index in [1.54, 1.807) is 11.8 Å². The van der Waals surface area contributed by atoms with Gasteiger partial charge in [-0.05, 0) is 37.3 Å². The summed E-state index contributed by atoms with van der Waals surface area (Å²) in [5, 5.41) is 6.47. The molecule has 0 radical (unpaired) electrons. The van der Waals surface area contributed by atoms with Crippen molar-refractivity contribution in [2.45, 2.75) is 17.1 Å². The Morgan fingerprint density at radius 1 is 1.24 bits per heavy atom. The molecule has 0 saturated heterocycles. The van der Waals surface area contributed by atoms with Crippen molar-refractivity contribution in [2.75, 3.05) is 10.6 Å². The minimum atomic E-state index is -0.0957. The van der Waals surface area contributed by atoms with Gasteiger partial charge in [0.15, 0.2) is 0 Å². The van der Waals surface area contributed by atoms with Gasteiger partial charge in [-0.25, -0.2) is 0 Å². The maximum Gasteiger partial charge on any atom is 0.255 e. The molecule has 21 heavy (non-hydrogen) atoms. The summed E-state index contributed by atoms with van der Waals surface area (Å²) in [6, 6.07) is 15.1. The first-order valence-electron chi connectivity index (χ1n) is 6.76. The van der Waals surface area contributed by atoms with E-state index in [0.717, 1.165) is 22.0 Å². The second-order valence-corrected chi connectivity index (χ2v) is 6.32. The van der Waals surface area contributed by atoms with E-state index in [9.17, 15) is 4.79 Å². The SMILES string of the molecule is C=C1Nc2ccc(C(=O)Nc3ccccc3)cc2SC1C. The minimum absolute atomic E-state index is 0.0957. The van der Waals surface area contributed by atoms with E-state index in [2.05, 4.69) is 24.1 Å². The lowest BCUT2D eigenvalue weighted by Crippen LogP contribution is -2.17. The van der Waals surface area contributed by atoms with Gasteiger partial charge in [0.2, 0.25) is 0 Å². The van der Waals surface area contributed by atoms with Crippen molar-refractivity contribution in [3.8, 4) is 0 Å². The fourth-order valence-corrected chi connectivity index (χ4v) is 3.15. The molecule has 0 aliphatic carbocycles. The van der Waals surface area contributed by atoms with Crippen LogP contribution in [-0.4, -0.2) is 11.2 Å². The molecule has 2 aromatic carbocycles. The van der Waals surface area contributed by atoms with E-state index in [4.69, 9.17) is 0 Å². The number of amides is 1. The zero-order valence-electron chi connectivity index (χ0n) is 11.7. The normalized spacial score (nSPS) is 16.8. The Labute approximate surface area is 128 Å². The molecule has 3 rings (SSSR count). The second kappa shape index (κ2) is 5.66. The third-order valence-electron chi connectivity index (χ3n) is 3.37.